The first-order valence-corrected chi connectivity index (χ1v) is 13.1. The van der Waals surface area contributed by atoms with Crippen molar-refractivity contribution in [2.75, 3.05) is 0 Å². The van der Waals surface area contributed by atoms with Crippen molar-refractivity contribution in [2.24, 2.45) is 0 Å². The zero-order chi connectivity index (χ0) is 25.7. The zero-order valence-corrected chi connectivity index (χ0v) is 22.7. The van der Waals surface area contributed by atoms with Gasteiger partial charge in [-0.15, -0.1) is 0 Å². The fraction of sp³-hybridized carbons (Fsp3) is 0.276. The topological polar surface area (TPSA) is 86.6 Å². The number of carbonyl (C=O) groups is 1. The third-order valence-electron chi connectivity index (χ3n) is 7.04. The average Bonchev–Trinajstić information content (AvgIpc) is 2.82. The number of carboxylic acid groups (broad SMARTS) is 1. The van der Waals surface area contributed by atoms with Crippen molar-refractivity contribution in [1.82, 2.24) is 14.9 Å². The lowest BCUT2D eigenvalue weighted by Gasteiger charge is -2.54. The van der Waals surface area contributed by atoms with Crippen molar-refractivity contribution in [2.45, 2.75) is 51.1 Å². The fourth-order valence-corrected chi connectivity index (χ4v) is 5.93. The highest BCUT2D eigenvalue weighted by molar-refractivity contribution is 14.1. The Morgan fingerprint density at radius 2 is 1.69 bits per heavy atom. The first-order valence-electron chi connectivity index (χ1n) is 12.0. The van der Waals surface area contributed by atoms with Gasteiger partial charge in [0.25, 0.3) is 0 Å². The third-order valence-corrected chi connectivity index (χ3v) is 7.83. The van der Waals surface area contributed by atoms with Gasteiger partial charge in [-0.1, -0.05) is 54.6 Å². The largest absolute Gasteiger partial charge is 0.493 e. The minimum atomic E-state index is -0.892. The van der Waals surface area contributed by atoms with Crippen molar-refractivity contribution >= 4 is 39.6 Å². The number of hydrogen-bond acceptors (Lipinski definition) is 4. The Balaban J connectivity index is 1.66. The number of amides is 1. The molecule has 1 fully saturated rings. The standard InChI is InChI=1S/C29H28IN3O3/c1-28(2,3)33(27(35)36)29(14-7-15-29)20-12-10-19(11-13-20)24-21(18-8-5-4-6-9-18)16-22-25(32-24)23(30)17-31-26(22)34/h4-6,8-13,16-17H,7,14-15H2,1-3H3,(H,31,34)(H,35,36). The van der Waals surface area contributed by atoms with Crippen LogP contribution in [0.2, 0.25) is 0 Å². The quantitative estimate of drug-likeness (QED) is 0.241. The van der Waals surface area contributed by atoms with Gasteiger partial charge >= 0.3 is 6.09 Å². The minimum Gasteiger partial charge on any atom is -0.493 e. The van der Waals surface area contributed by atoms with E-state index in [1.165, 1.54) is 0 Å². The molecule has 1 saturated carbocycles. The molecule has 0 radical (unpaired) electrons. The van der Waals surface area contributed by atoms with Crippen molar-refractivity contribution < 1.29 is 15.0 Å². The maximum atomic E-state index is 12.3. The molecule has 184 valence electrons. The molecule has 5 rings (SSSR count). The monoisotopic (exact) mass is 593 g/mol. The fourth-order valence-electron chi connectivity index (χ4n) is 5.38. The van der Waals surface area contributed by atoms with Crippen LogP contribution >= 0.6 is 22.6 Å². The lowest BCUT2D eigenvalue weighted by Crippen LogP contribution is -2.60. The van der Waals surface area contributed by atoms with Crippen LogP contribution in [0.15, 0.2) is 66.9 Å². The Kier molecular flexibility index (Phi) is 6.14. The van der Waals surface area contributed by atoms with E-state index in [1.807, 2.05) is 81.4 Å². The van der Waals surface area contributed by atoms with Crippen LogP contribution in [0.3, 0.4) is 0 Å². The number of pyridine rings is 2. The molecule has 0 bridgehead atoms. The summed E-state index contributed by atoms with van der Waals surface area (Å²) in [6.45, 7) is 5.85. The van der Waals surface area contributed by atoms with Crippen LogP contribution in [0.4, 0.5) is 4.79 Å². The second-order valence-corrected chi connectivity index (χ2v) is 11.5. The van der Waals surface area contributed by atoms with Crippen molar-refractivity contribution in [3.05, 3.63) is 76.0 Å². The number of halogens is 1. The molecule has 0 atom stereocenters. The number of nitrogens with zero attached hydrogens (tertiary/aromatic N) is 3. The SMILES string of the molecule is CC(C)(C)N(C(=O)O)C1(c2ccc(-c3nc4c(I)cnc(O)c4cc3-c3ccccc3)cc2)CCC1. The Morgan fingerprint density at radius 1 is 1.03 bits per heavy atom. The van der Waals surface area contributed by atoms with Crippen LogP contribution in [0.1, 0.15) is 45.6 Å². The van der Waals surface area contributed by atoms with E-state index in [-0.39, 0.29) is 5.88 Å². The lowest BCUT2D eigenvalue weighted by atomic mass is 9.69. The van der Waals surface area contributed by atoms with E-state index in [1.54, 1.807) is 11.1 Å². The summed E-state index contributed by atoms with van der Waals surface area (Å²) in [5.41, 5.74) is 4.29. The molecule has 1 amide bonds. The van der Waals surface area contributed by atoms with Gasteiger partial charge in [-0.2, -0.15) is 0 Å². The summed E-state index contributed by atoms with van der Waals surface area (Å²) in [7, 11) is 0. The van der Waals surface area contributed by atoms with Gasteiger partial charge in [0.1, 0.15) is 0 Å². The molecule has 0 aliphatic heterocycles. The van der Waals surface area contributed by atoms with E-state index in [0.29, 0.717) is 10.9 Å². The van der Waals surface area contributed by atoms with E-state index in [2.05, 4.69) is 27.6 Å². The predicted octanol–water partition coefficient (Wildman–Crippen LogP) is 7.43. The highest BCUT2D eigenvalue weighted by Crippen LogP contribution is 2.50. The maximum absolute atomic E-state index is 12.3. The summed E-state index contributed by atoms with van der Waals surface area (Å²) in [6, 6.07) is 20.1. The Labute approximate surface area is 224 Å². The van der Waals surface area contributed by atoms with Gasteiger partial charge in [-0.05, 0) is 79.8 Å². The molecule has 0 spiro atoms. The lowest BCUT2D eigenvalue weighted by molar-refractivity contribution is -0.0328. The maximum Gasteiger partial charge on any atom is 0.408 e. The molecule has 1 aliphatic rings. The number of hydrogen-bond donors (Lipinski definition) is 2. The van der Waals surface area contributed by atoms with Gasteiger partial charge < -0.3 is 10.2 Å². The number of aromatic nitrogens is 2. The summed E-state index contributed by atoms with van der Waals surface area (Å²) in [4.78, 5) is 23.1. The van der Waals surface area contributed by atoms with E-state index >= 15 is 0 Å². The molecule has 1 aliphatic carbocycles. The summed E-state index contributed by atoms with van der Waals surface area (Å²) in [6.07, 6.45) is 3.35. The van der Waals surface area contributed by atoms with Crippen LogP contribution in [0.25, 0.3) is 33.3 Å². The van der Waals surface area contributed by atoms with Gasteiger partial charge in [0.05, 0.1) is 25.7 Å². The molecular weight excluding hydrogens is 565 g/mol. The molecule has 4 aromatic rings. The van der Waals surface area contributed by atoms with Crippen LogP contribution < -0.4 is 0 Å². The smallest absolute Gasteiger partial charge is 0.408 e. The summed E-state index contributed by atoms with van der Waals surface area (Å²) >= 11 is 2.19. The molecule has 36 heavy (non-hydrogen) atoms. The summed E-state index contributed by atoms with van der Waals surface area (Å²) in [5, 5.41) is 21.2. The molecular formula is C29H28IN3O3. The molecule has 7 heteroatoms. The summed E-state index contributed by atoms with van der Waals surface area (Å²) < 4.78 is 0.855. The Bertz CT molecular complexity index is 1440. The van der Waals surface area contributed by atoms with Crippen LogP contribution in [0, 0.1) is 3.57 Å². The second-order valence-electron chi connectivity index (χ2n) is 10.3. The molecule has 2 N–H and O–H groups in total. The van der Waals surface area contributed by atoms with Crippen molar-refractivity contribution in [1.29, 1.82) is 0 Å². The first-order chi connectivity index (χ1) is 17.1. The molecule has 2 heterocycles. The number of rotatable bonds is 4. The predicted molar refractivity (Wildman–Crippen MR) is 150 cm³/mol. The van der Waals surface area contributed by atoms with Gasteiger partial charge in [-0.25, -0.2) is 14.8 Å². The van der Waals surface area contributed by atoms with E-state index < -0.39 is 17.2 Å². The second kappa shape index (κ2) is 9.03. The van der Waals surface area contributed by atoms with Crippen LogP contribution in [-0.2, 0) is 5.54 Å². The summed E-state index contributed by atoms with van der Waals surface area (Å²) in [5.74, 6) is -0.0418. The van der Waals surface area contributed by atoms with Crippen molar-refractivity contribution in [3.8, 4) is 28.3 Å². The Hall–Kier alpha value is -3.20. The highest BCUT2D eigenvalue weighted by Gasteiger charge is 2.50. The number of aromatic hydroxyl groups is 1. The minimum absolute atomic E-state index is 0.0418. The van der Waals surface area contributed by atoms with Crippen LogP contribution in [0.5, 0.6) is 5.88 Å². The van der Waals surface area contributed by atoms with Gasteiger partial charge in [-0.3, -0.25) is 4.90 Å². The molecule has 2 aromatic heterocycles. The van der Waals surface area contributed by atoms with Crippen molar-refractivity contribution in [3.63, 3.8) is 0 Å². The first kappa shape index (κ1) is 24.5. The van der Waals surface area contributed by atoms with Gasteiger partial charge in [0, 0.05) is 22.9 Å². The van der Waals surface area contributed by atoms with Crippen LogP contribution in [-0.4, -0.2) is 36.7 Å². The normalized spacial score (nSPS) is 14.9. The molecule has 6 nitrogen and oxygen atoms in total. The van der Waals surface area contributed by atoms with Gasteiger partial charge in [0.2, 0.25) is 5.88 Å². The molecule has 0 saturated heterocycles. The third kappa shape index (κ3) is 4.09. The van der Waals surface area contributed by atoms with E-state index in [9.17, 15) is 15.0 Å². The number of fused-ring (bicyclic) bond motifs is 1. The van der Waals surface area contributed by atoms with Gasteiger partial charge in [0.15, 0.2) is 0 Å². The average molecular weight is 593 g/mol. The Morgan fingerprint density at radius 3 is 2.25 bits per heavy atom. The molecule has 0 unspecified atom stereocenters. The highest BCUT2D eigenvalue weighted by atomic mass is 127. The molecule has 2 aromatic carbocycles. The van der Waals surface area contributed by atoms with E-state index in [0.717, 1.165) is 50.8 Å². The zero-order valence-electron chi connectivity index (χ0n) is 20.5. The number of benzene rings is 2. The van der Waals surface area contributed by atoms with E-state index in [4.69, 9.17) is 4.98 Å².